The number of carbonyl (C=O) groups is 4. The van der Waals surface area contributed by atoms with Crippen molar-refractivity contribution in [3.05, 3.63) is 41.0 Å². The van der Waals surface area contributed by atoms with E-state index in [-0.39, 0.29) is 37.1 Å². The van der Waals surface area contributed by atoms with Crippen LogP contribution in [0.3, 0.4) is 0 Å². The fourth-order valence-corrected chi connectivity index (χ4v) is 5.78. The van der Waals surface area contributed by atoms with Crippen LogP contribution in [0.1, 0.15) is 64.1 Å². The Balaban J connectivity index is 1.48. The lowest BCUT2D eigenvalue weighted by molar-refractivity contribution is -0.147. The summed E-state index contributed by atoms with van der Waals surface area (Å²) in [6, 6.07) is 6.87. The van der Waals surface area contributed by atoms with Crippen LogP contribution in [0.15, 0.2) is 29.8 Å². The SMILES string of the molecule is Cc1ncsc1-c1ccc(CCNC(=O)[C@@H]2C[C@@H](O)CN2C(=O)C(C)(C)[C@H](C)NC(=O)CCCCCNC(=O)O)cc1. The lowest BCUT2D eigenvalue weighted by Crippen LogP contribution is -2.55. The zero-order chi connectivity index (χ0) is 30.9. The highest BCUT2D eigenvalue weighted by Crippen LogP contribution is 2.30. The molecule has 1 aliphatic heterocycles. The van der Waals surface area contributed by atoms with Gasteiger partial charge in [0.25, 0.3) is 0 Å². The number of carboxylic acid groups (broad SMARTS) is 1. The quantitative estimate of drug-likeness (QED) is 0.208. The van der Waals surface area contributed by atoms with Crippen molar-refractivity contribution in [3.63, 3.8) is 0 Å². The van der Waals surface area contributed by atoms with Gasteiger partial charge in [-0.2, -0.15) is 0 Å². The molecule has 3 rings (SSSR count). The molecule has 5 N–H and O–H groups in total. The molecular formula is C30H43N5O6S. The van der Waals surface area contributed by atoms with Gasteiger partial charge in [-0.25, -0.2) is 9.78 Å². The molecule has 1 saturated heterocycles. The number of unbranched alkanes of at least 4 members (excludes halogenated alkanes) is 2. The maximum absolute atomic E-state index is 13.6. The number of nitrogens with zero attached hydrogens (tertiary/aromatic N) is 2. The standard InChI is InChI=1S/C30H43N5O6S/c1-19-26(42-18-33-19)22-11-9-21(10-12-22)13-15-31-27(38)24-16-23(36)17-35(24)28(39)30(3,4)20(2)34-25(37)8-6-5-7-14-32-29(40)41/h9-12,18,20,23-24,32,36H,5-8,13-17H2,1-4H3,(H,31,38)(H,34,37)(H,40,41)/t20-,23+,24-/m0/s1. The van der Waals surface area contributed by atoms with E-state index in [1.807, 2.05) is 36.7 Å². The maximum Gasteiger partial charge on any atom is 0.404 e. The summed E-state index contributed by atoms with van der Waals surface area (Å²) in [5, 5.41) is 27.1. The van der Waals surface area contributed by atoms with Crippen molar-refractivity contribution < 1.29 is 29.4 Å². The van der Waals surface area contributed by atoms with E-state index in [4.69, 9.17) is 5.11 Å². The number of benzene rings is 1. The van der Waals surface area contributed by atoms with Crippen LogP contribution in [0.4, 0.5) is 4.79 Å². The Morgan fingerprint density at radius 1 is 1.10 bits per heavy atom. The van der Waals surface area contributed by atoms with Gasteiger partial charge in [-0.3, -0.25) is 14.4 Å². The van der Waals surface area contributed by atoms with E-state index in [2.05, 4.69) is 20.9 Å². The molecule has 0 saturated carbocycles. The maximum atomic E-state index is 13.6. The number of aryl methyl sites for hydroxylation is 1. The third-order valence-corrected chi connectivity index (χ3v) is 8.86. The van der Waals surface area contributed by atoms with Crippen LogP contribution >= 0.6 is 11.3 Å². The molecule has 1 fully saturated rings. The first-order valence-corrected chi connectivity index (χ1v) is 15.3. The number of likely N-dealkylation sites (tertiary alicyclic amines) is 1. The number of aromatic nitrogens is 1. The summed E-state index contributed by atoms with van der Waals surface area (Å²) in [6.07, 6.45) is 1.12. The van der Waals surface area contributed by atoms with Gasteiger partial charge in [0.15, 0.2) is 0 Å². The third-order valence-electron chi connectivity index (χ3n) is 7.89. The van der Waals surface area contributed by atoms with Gasteiger partial charge in [0.05, 0.1) is 27.6 Å². The number of amides is 4. The smallest absolute Gasteiger partial charge is 0.404 e. The number of rotatable bonds is 14. The molecule has 1 aliphatic rings. The Kier molecular flexibility index (Phi) is 11.9. The Bertz CT molecular complexity index is 1230. The molecule has 0 radical (unpaired) electrons. The monoisotopic (exact) mass is 601 g/mol. The highest BCUT2D eigenvalue weighted by atomic mass is 32.1. The number of nitrogens with one attached hydrogen (secondary N) is 3. The molecule has 4 amide bonds. The van der Waals surface area contributed by atoms with Crippen molar-refractivity contribution in [3.8, 4) is 10.4 Å². The first-order chi connectivity index (χ1) is 19.9. The van der Waals surface area contributed by atoms with Gasteiger partial charge in [-0.05, 0) is 58.1 Å². The molecule has 11 nitrogen and oxygen atoms in total. The molecule has 2 aromatic rings. The largest absolute Gasteiger partial charge is 0.465 e. The summed E-state index contributed by atoms with van der Waals surface area (Å²) in [4.78, 5) is 56.6. The molecule has 0 spiro atoms. The number of aliphatic hydroxyl groups excluding tert-OH is 1. The zero-order valence-electron chi connectivity index (χ0n) is 24.8. The number of carbonyl (C=O) groups excluding carboxylic acids is 3. The molecule has 42 heavy (non-hydrogen) atoms. The normalized spacial score (nSPS) is 17.5. The number of aliphatic hydroxyl groups is 1. The van der Waals surface area contributed by atoms with Crippen molar-refractivity contribution in [2.75, 3.05) is 19.6 Å². The number of β-amino-alcohol motifs (C(OH)–C–C–N with tert-alkyl or cyclic N) is 1. The second kappa shape index (κ2) is 15.1. The van der Waals surface area contributed by atoms with Crippen molar-refractivity contribution in [2.45, 2.75) is 84.4 Å². The van der Waals surface area contributed by atoms with Crippen molar-refractivity contribution in [1.29, 1.82) is 0 Å². The fourth-order valence-electron chi connectivity index (χ4n) is 4.97. The lowest BCUT2D eigenvalue weighted by Gasteiger charge is -2.36. The number of hydrogen-bond acceptors (Lipinski definition) is 7. The Morgan fingerprint density at radius 2 is 1.81 bits per heavy atom. The van der Waals surface area contributed by atoms with Gasteiger partial charge in [-0.15, -0.1) is 11.3 Å². The van der Waals surface area contributed by atoms with E-state index in [0.717, 1.165) is 21.7 Å². The average Bonchev–Trinajstić information content (AvgIpc) is 3.55. The van der Waals surface area contributed by atoms with E-state index < -0.39 is 29.7 Å². The number of hydrogen-bond donors (Lipinski definition) is 5. The summed E-state index contributed by atoms with van der Waals surface area (Å²) in [6.45, 7) is 8.00. The van der Waals surface area contributed by atoms with Crippen molar-refractivity contribution >= 4 is 35.2 Å². The van der Waals surface area contributed by atoms with Crippen molar-refractivity contribution in [1.82, 2.24) is 25.8 Å². The van der Waals surface area contributed by atoms with E-state index in [1.54, 1.807) is 32.1 Å². The zero-order valence-corrected chi connectivity index (χ0v) is 25.6. The van der Waals surface area contributed by atoms with Gasteiger partial charge in [0, 0.05) is 38.5 Å². The van der Waals surface area contributed by atoms with Crippen LogP contribution < -0.4 is 16.0 Å². The summed E-state index contributed by atoms with van der Waals surface area (Å²) < 4.78 is 0. The predicted molar refractivity (Wildman–Crippen MR) is 161 cm³/mol. The van der Waals surface area contributed by atoms with E-state index in [1.165, 1.54) is 4.90 Å². The Labute approximate surface area is 251 Å². The van der Waals surface area contributed by atoms with Gasteiger partial charge in [0.1, 0.15) is 6.04 Å². The molecule has 0 bridgehead atoms. The van der Waals surface area contributed by atoms with Crippen LogP contribution in [0, 0.1) is 12.3 Å². The average molecular weight is 602 g/mol. The first kappa shape index (κ1) is 33.0. The second-order valence-electron chi connectivity index (χ2n) is 11.4. The highest BCUT2D eigenvalue weighted by Gasteiger charge is 2.46. The van der Waals surface area contributed by atoms with Gasteiger partial charge in [-0.1, -0.05) is 30.7 Å². The molecule has 230 valence electrons. The molecular weight excluding hydrogens is 558 g/mol. The summed E-state index contributed by atoms with van der Waals surface area (Å²) in [5.74, 6) is -0.803. The molecule has 3 atom stereocenters. The minimum absolute atomic E-state index is 0.0594. The molecule has 0 aliphatic carbocycles. The minimum Gasteiger partial charge on any atom is -0.465 e. The number of thiazole rings is 1. The summed E-state index contributed by atoms with van der Waals surface area (Å²) in [5.41, 5.74) is 3.99. The van der Waals surface area contributed by atoms with Crippen LogP contribution in [-0.4, -0.2) is 81.7 Å². The summed E-state index contributed by atoms with van der Waals surface area (Å²) >= 11 is 1.60. The second-order valence-corrected chi connectivity index (χ2v) is 12.3. The molecule has 1 aromatic carbocycles. The molecule has 1 aromatic heterocycles. The summed E-state index contributed by atoms with van der Waals surface area (Å²) in [7, 11) is 0. The van der Waals surface area contributed by atoms with Crippen molar-refractivity contribution in [2.24, 2.45) is 5.41 Å². The molecule has 0 unspecified atom stereocenters. The van der Waals surface area contributed by atoms with Crippen LogP contribution in [0.5, 0.6) is 0 Å². The van der Waals surface area contributed by atoms with Crippen LogP contribution in [0.25, 0.3) is 10.4 Å². The van der Waals surface area contributed by atoms with Gasteiger partial charge < -0.3 is 31.1 Å². The Morgan fingerprint density at radius 3 is 2.45 bits per heavy atom. The highest BCUT2D eigenvalue weighted by molar-refractivity contribution is 7.13. The molecule has 2 heterocycles. The van der Waals surface area contributed by atoms with Crippen LogP contribution in [-0.2, 0) is 20.8 Å². The minimum atomic E-state index is -1.07. The fraction of sp³-hybridized carbons (Fsp3) is 0.567. The van der Waals surface area contributed by atoms with Gasteiger partial charge >= 0.3 is 6.09 Å². The van der Waals surface area contributed by atoms with Crippen LogP contribution in [0.2, 0.25) is 0 Å². The third kappa shape index (κ3) is 8.99. The molecule has 12 heteroatoms. The van der Waals surface area contributed by atoms with E-state index in [9.17, 15) is 24.3 Å². The van der Waals surface area contributed by atoms with Gasteiger partial charge in [0.2, 0.25) is 17.7 Å². The predicted octanol–water partition coefficient (Wildman–Crippen LogP) is 3.10. The Hall–Kier alpha value is -3.51. The van der Waals surface area contributed by atoms with E-state index >= 15 is 0 Å². The first-order valence-electron chi connectivity index (χ1n) is 14.4. The van der Waals surface area contributed by atoms with E-state index in [0.29, 0.717) is 38.8 Å². The topological polar surface area (TPSA) is 161 Å². The lowest BCUT2D eigenvalue weighted by atomic mass is 9.83.